The van der Waals surface area contributed by atoms with Crippen LogP contribution in [0.4, 0.5) is 17.1 Å². The predicted molar refractivity (Wildman–Crippen MR) is 245 cm³/mol. The molecule has 0 N–H and O–H groups in total. The third-order valence-corrected chi connectivity index (χ3v) is 11.3. The van der Waals surface area contributed by atoms with Crippen LogP contribution in [0.2, 0.25) is 0 Å². The minimum atomic E-state index is 1.12. The second-order valence-corrected chi connectivity index (χ2v) is 15.1. The molecule has 1 nitrogen and oxygen atoms in total. The summed E-state index contributed by atoms with van der Waals surface area (Å²) >= 11 is 0. The summed E-state index contributed by atoms with van der Waals surface area (Å²) < 4.78 is 0. The first-order valence-electron chi connectivity index (χ1n) is 19.8. The topological polar surface area (TPSA) is 3.24 Å². The molecule has 0 amide bonds. The van der Waals surface area contributed by atoms with Crippen LogP contribution in [0, 0.1) is 13.8 Å². The molecule has 0 aliphatic carbocycles. The van der Waals surface area contributed by atoms with E-state index in [2.05, 4.69) is 231 Å². The molecular formula is C56H41N. The van der Waals surface area contributed by atoms with Gasteiger partial charge in [-0.2, -0.15) is 0 Å². The van der Waals surface area contributed by atoms with Gasteiger partial charge in [-0.3, -0.25) is 0 Å². The summed E-state index contributed by atoms with van der Waals surface area (Å²) in [4.78, 5) is 2.43. The van der Waals surface area contributed by atoms with Crippen molar-refractivity contribution in [2.45, 2.75) is 13.8 Å². The predicted octanol–water partition coefficient (Wildman–Crippen LogP) is 15.9. The summed E-state index contributed by atoms with van der Waals surface area (Å²) in [6.45, 7) is 4.38. The Morgan fingerprint density at radius 2 is 0.789 bits per heavy atom. The molecule has 0 saturated heterocycles. The lowest BCUT2D eigenvalue weighted by Gasteiger charge is -2.28. The van der Waals surface area contributed by atoms with Gasteiger partial charge in [-0.15, -0.1) is 0 Å². The van der Waals surface area contributed by atoms with Crippen LogP contribution in [-0.2, 0) is 0 Å². The maximum Gasteiger partial charge on any atom is 0.0468 e. The molecule has 0 aliphatic heterocycles. The molecule has 10 aromatic carbocycles. The van der Waals surface area contributed by atoms with Crippen LogP contribution in [0.25, 0.3) is 76.8 Å². The van der Waals surface area contributed by atoms with E-state index in [1.54, 1.807) is 0 Å². The number of aryl methyl sites for hydroxylation is 2. The molecule has 0 radical (unpaired) electrons. The third-order valence-electron chi connectivity index (χ3n) is 11.3. The quantitative estimate of drug-likeness (QED) is 0.148. The van der Waals surface area contributed by atoms with Gasteiger partial charge < -0.3 is 4.90 Å². The van der Waals surface area contributed by atoms with Crippen LogP contribution >= 0.6 is 0 Å². The minimum absolute atomic E-state index is 1.12. The van der Waals surface area contributed by atoms with Gasteiger partial charge in [-0.25, -0.2) is 0 Å². The fraction of sp³-hybridized carbons (Fsp3) is 0.0357. The van der Waals surface area contributed by atoms with Gasteiger partial charge in [0.25, 0.3) is 0 Å². The standard InChI is InChI=1S/C56H41N/c1-38-32-39(2)34-47(33-38)57(45-27-17-26-44(35-45)40-18-7-3-8-19-40)46-30-31-50-53(36-46)48-28-15-16-29-49(48)55-52(42-22-11-5-12-23-42)37-51(41-20-9-4-10-21-41)54(56(50)55)43-24-13-6-14-25-43/h3-37H,1-2H3. The number of fused-ring (bicyclic) bond motifs is 6. The highest BCUT2D eigenvalue weighted by Crippen LogP contribution is 2.50. The van der Waals surface area contributed by atoms with Crippen molar-refractivity contribution in [1.29, 1.82) is 0 Å². The maximum absolute atomic E-state index is 2.43. The van der Waals surface area contributed by atoms with E-state index in [0.717, 1.165) is 17.1 Å². The molecule has 0 atom stereocenters. The number of rotatable bonds is 7. The Bertz CT molecular complexity index is 3040. The summed E-state index contributed by atoms with van der Waals surface area (Å²) in [7, 11) is 0. The molecule has 0 spiro atoms. The average molecular weight is 728 g/mol. The van der Waals surface area contributed by atoms with E-state index >= 15 is 0 Å². The number of benzene rings is 10. The Balaban J connectivity index is 1.33. The second kappa shape index (κ2) is 14.5. The van der Waals surface area contributed by atoms with E-state index in [1.165, 1.54) is 88.0 Å². The lowest BCUT2D eigenvalue weighted by atomic mass is 9.81. The highest BCUT2D eigenvalue weighted by molar-refractivity contribution is 6.33. The molecule has 10 rings (SSSR count). The Morgan fingerprint density at radius 3 is 1.44 bits per heavy atom. The smallest absolute Gasteiger partial charge is 0.0468 e. The number of hydrogen-bond donors (Lipinski definition) is 0. The van der Waals surface area contributed by atoms with Gasteiger partial charge in [0, 0.05) is 17.1 Å². The SMILES string of the molecule is Cc1cc(C)cc(N(c2cccc(-c3ccccc3)c2)c2ccc3c(c2)c2ccccc2c2c(-c4ccccc4)cc(-c4ccccc4)c(-c4ccccc4)c32)c1. The molecule has 0 saturated carbocycles. The van der Waals surface area contributed by atoms with Crippen molar-refractivity contribution in [2.75, 3.05) is 4.90 Å². The maximum atomic E-state index is 2.43. The van der Waals surface area contributed by atoms with Gasteiger partial charge in [0.1, 0.15) is 0 Å². The molecule has 10 aromatic rings. The molecule has 57 heavy (non-hydrogen) atoms. The highest BCUT2D eigenvalue weighted by atomic mass is 15.1. The molecule has 0 heterocycles. The average Bonchev–Trinajstić information content (AvgIpc) is 3.27. The number of nitrogens with zero attached hydrogens (tertiary/aromatic N) is 1. The van der Waals surface area contributed by atoms with Crippen molar-refractivity contribution < 1.29 is 0 Å². The second-order valence-electron chi connectivity index (χ2n) is 15.1. The first-order valence-corrected chi connectivity index (χ1v) is 19.8. The fourth-order valence-electron chi connectivity index (χ4n) is 8.86. The van der Waals surface area contributed by atoms with Crippen molar-refractivity contribution in [3.05, 3.63) is 223 Å². The van der Waals surface area contributed by atoms with Crippen LogP contribution in [0.15, 0.2) is 212 Å². The van der Waals surface area contributed by atoms with Crippen molar-refractivity contribution >= 4 is 49.4 Å². The Hall–Kier alpha value is -7.22. The summed E-state index contributed by atoms with van der Waals surface area (Å²) in [5.74, 6) is 0. The first kappa shape index (κ1) is 34.3. The number of hydrogen-bond acceptors (Lipinski definition) is 1. The fourth-order valence-corrected chi connectivity index (χ4v) is 8.86. The zero-order chi connectivity index (χ0) is 38.3. The zero-order valence-corrected chi connectivity index (χ0v) is 32.2. The van der Waals surface area contributed by atoms with Gasteiger partial charge in [0.15, 0.2) is 0 Å². The van der Waals surface area contributed by atoms with E-state index in [4.69, 9.17) is 0 Å². The lowest BCUT2D eigenvalue weighted by molar-refractivity contribution is 1.26. The third kappa shape index (κ3) is 6.24. The first-order chi connectivity index (χ1) is 28.1. The van der Waals surface area contributed by atoms with Crippen molar-refractivity contribution in [1.82, 2.24) is 0 Å². The van der Waals surface area contributed by atoms with Crippen molar-refractivity contribution in [3.8, 4) is 44.5 Å². The molecule has 0 bridgehead atoms. The van der Waals surface area contributed by atoms with E-state index in [1.807, 2.05) is 0 Å². The van der Waals surface area contributed by atoms with Crippen molar-refractivity contribution in [3.63, 3.8) is 0 Å². The Labute approximate surface area is 334 Å². The van der Waals surface area contributed by atoms with Gasteiger partial charge in [-0.05, 0) is 144 Å². The van der Waals surface area contributed by atoms with Crippen LogP contribution in [0.5, 0.6) is 0 Å². The van der Waals surface area contributed by atoms with Gasteiger partial charge in [-0.1, -0.05) is 170 Å². The Kier molecular flexibility index (Phi) is 8.69. The molecule has 0 unspecified atom stereocenters. The van der Waals surface area contributed by atoms with Crippen molar-refractivity contribution in [2.24, 2.45) is 0 Å². The molecule has 0 aromatic heterocycles. The van der Waals surface area contributed by atoms with E-state index in [0.29, 0.717) is 0 Å². The van der Waals surface area contributed by atoms with Crippen LogP contribution < -0.4 is 4.90 Å². The van der Waals surface area contributed by atoms with Crippen LogP contribution in [-0.4, -0.2) is 0 Å². The Morgan fingerprint density at radius 1 is 0.281 bits per heavy atom. The number of anilines is 3. The molecule has 0 fully saturated rings. The van der Waals surface area contributed by atoms with E-state index in [9.17, 15) is 0 Å². The van der Waals surface area contributed by atoms with Crippen LogP contribution in [0.3, 0.4) is 0 Å². The summed E-state index contributed by atoms with van der Waals surface area (Å²) in [5.41, 5.74) is 15.6. The van der Waals surface area contributed by atoms with E-state index in [-0.39, 0.29) is 0 Å². The zero-order valence-electron chi connectivity index (χ0n) is 32.2. The molecule has 270 valence electrons. The van der Waals surface area contributed by atoms with Gasteiger partial charge in [0.05, 0.1) is 0 Å². The summed E-state index contributed by atoms with van der Waals surface area (Å²) in [5, 5.41) is 7.49. The van der Waals surface area contributed by atoms with Gasteiger partial charge in [0.2, 0.25) is 0 Å². The normalized spacial score (nSPS) is 11.3. The van der Waals surface area contributed by atoms with E-state index < -0.39 is 0 Å². The highest BCUT2D eigenvalue weighted by Gasteiger charge is 2.23. The molecule has 1 heteroatoms. The molecule has 0 aliphatic rings. The van der Waals surface area contributed by atoms with Crippen LogP contribution in [0.1, 0.15) is 11.1 Å². The summed E-state index contributed by atoms with van der Waals surface area (Å²) in [6, 6.07) is 77.8. The largest absolute Gasteiger partial charge is 0.310 e. The molecular weight excluding hydrogens is 687 g/mol. The van der Waals surface area contributed by atoms with Gasteiger partial charge >= 0.3 is 0 Å². The minimum Gasteiger partial charge on any atom is -0.310 e. The monoisotopic (exact) mass is 727 g/mol. The summed E-state index contributed by atoms with van der Waals surface area (Å²) in [6.07, 6.45) is 0. The lowest BCUT2D eigenvalue weighted by Crippen LogP contribution is -2.10.